The maximum absolute atomic E-state index is 11.7. The summed E-state index contributed by atoms with van der Waals surface area (Å²) in [7, 11) is -2.98. The molecule has 0 aromatic rings. The fourth-order valence-corrected chi connectivity index (χ4v) is 3.79. The first-order valence-electron chi connectivity index (χ1n) is 6.56. The Kier molecular flexibility index (Phi) is 4.41. The Morgan fingerprint density at radius 2 is 1.71 bits per heavy atom. The molecular formula is C11H23N3O2S. The van der Waals surface area contributed by atoms with Crippen molar-refractivity contribution in [2.24, 2.45) is 0 Å². The molecule has 2 aliphatic heterocycles. The zero-order valence-corrected chi connectivity index (χ0v) is 11.4. The van der Waals surface area contributed by atoms with E-state index in [1.165, 1.54) is 12.8 Å². The van der Waals surface area contributed by atoms with Crippen LogP contribution in [0, 0.1) is 0 Å². The van der Waals surface area contributed by atoms with Crippen molar-refractivity contribution in [2.45, 2.75) is 25.8 Å². The number of nitrogens with one attached hydrogen (secondary N) is 1. The Morgan fingerprint density at radius 1 is 1.12 bits per heavy atom. The standard InChI is InChI=1S/C11H23N3O2S/c1-2-17(15,16)14-9-7-13(8-10-14)11-3-5-12-6-4-11/h11-12H,2-10H2,1H3. The van der Waals surface area contributed by atoms with E-state index in [2.05, 4.69) is 10.2 Å². The highest BCUT2D eigenvalue weighted by Gasteiger charge is 2.29. The van der Waals surface area contributed by atoms with Gasteiger partial charge in [-0.05, 0) is 32.9 Å². The maximum Gasteiger partial charge on any atom is 0.213 e. The lowest BCUT2D eigenvalue weighted by Crippen LogP contribution is -2.54. The monoisotopic (exact) mass is 261 g/mol. The van der Waals surface area contributed by atoms with Crippen molar-refractivity contribution in [2.75, 3.05) is 45.0 Å². The molecule has 0 atom stereocenters. The van der Waals surface area contributed by atoms with Gasteiger partial charge < -0.3 is 5.32 Å². The van der Waals surface area contributed by atoms with Crippen LogP contribution in [0.25, 0.3) is 0 Å². The molecule has 17 heavy (non-hydrogen) atoms. The third-order valence-electron chi connectivity index (χ3n) is 3.86. The lowest BCUT2D eigenvalue weighted by atomic mass is 10.0. The molecule has 5 nitrogen and oxygen atoms in total. The van der Waals surface area contributed by atoms with E-state index in [0.29, 0.717) is 19.1 Å². The molecule has 100 valence electrons. The molecule has 0 spiro atoms. The van der Waals surface area contributed by atoms with Crippen LogP contribution in [0.3, 0.4) is 0 Å². The second-order valence-corrected chi connectivity index (χ2v) is 7.07. The van der Waals surface area contributed by atoms with Gasteiger partial charge in [0, 0.05) is 32.2 Å². The summed E-state index contributed by atoms with van der Waals surface area (Å²) in [5.41, 5.74) is 0. The van der Waals surface area contributed by atoms with Gasteiger partial charge >= 0.3 is 0 Å². The minimum atomic E-state index is -2.98. The highest BCUT2D eigenvalue weighted by atomic mass is 32.2. The molecule has 2 fully saturated rings. The summed E-state index contributed by atoms with van der Waals surface area (Å²) in [6, 6.07) is 0.655. The first kappa shape index (κ1) is 13.3. The summed E-state index contributed by atoms with van der Waals surface area (Å²) >= 11 is 0. The molecule has 0 radical (unpaired) electrons. The molecule has 0 aliphatic carbocycles. The van der Waals surface area contributed by atoms with Crippen LogP contribution < -0.4 is 5.32 Å². The van der Waals surface area contributed by atoms with Gasteiger partial charge in [0.1, 0.15) is 0 Å². The van der Waals surface area contributed by atoms with Crippen LogP contribution in [0.1, 0.15) is 19.8 Å². The zero-order chi connectivity index (χ0) is 12.3. The van der Waals surface area contributed by atoms with Gasteiger partial charge in [0.25, 0.3) is 0 Å². The Morgan fingerprint density at radius 3 is 2.24 bits per heavy atom. The Labute approximate surface area is 104 Å². The predicted octanol–water partition coefficient (Wildman–Crippen LogP) is -0.294. The summed E-state index contributed by atoms with van der Waals surface area (Å²) in [6.45, 7) is 7.03. The number of piperazine rings is 1. The van der Waals surface area contributed by atoms with E-state index in [1.54, 1.807) is 11.2 Å². The molecule has 2 rings (SSSR count). The lowest BCUT2D eigenvalue weighted by molar-refractivity contribution is 0.115. The van der Waals surface area contributed by atoms with Crippen LogP contribution in [-0.4, -0.2) is 68.7 Å². The van der Waals surface area contributed by atoms with Gasteiger partial charge in [0.15, 0.2) is 0 Å². The first-order valence-corrected chi connectivity index (χ1v) is 8.17. The predicted molar refractivity (Wildman–Crippen MR) is 68.5 cm³/mol. The Hall–Kier alpha value is -0.170. The van der Waals surface area contributed by atoms with Gasteiger partial charge in [-0.2, -0.15) is 4.31 Å². The SMILES string of the molecule is CCS(=O)(=O)N1CCN(C2CCNCC2)CC1. The third-order valence-corrected chi connectivity index (χ3v) is 5.74. The summed E-state index contributed by atoms with van der Waals surface area (Å²) in [5.74, 6) is 0.223. The normalized spacial score (nSPS) is 26.2. The molecule has 0 amide bonds. The summed E-state index contributed by atoms with van der Waals surface area (Å²) in [4.78, 5) is 2.46. The molecular weight excluding hydrogens is 238 g/mol. The van der Waals surface area contributed by atoms with Crippen molar-refractivity contribution in [1.29, 1.82) is 0 Å². The molecule has 6 heteroatoms. The van der Waals surface area contributed by atoms with E-state index in [-0.39, 0.29) is 5.75 Å². The number of piperidine rings is 1. The van der Waals surface area contributed by atoms with Crippen LogP contribution in [0.5, 0.6) is 0 Å². The van der Waals surface area contributed by atoms with Crippen LogP contribution in [0.15, 0.2) is 0 Å². The van der Waals surface area contributed by atoms with Gasteiger partial charge in [-0.25, -0.2) is 8.42 Å². The fraction of sp³-hybridized carbons (Fsp3) is 1.00. The van der Waals surface area contributed by atoms with Crippen molar-refractivity contribution >= 4 is 10.0 Å². The second kappa shape index (κ2) is 5.65. The van der Waals surface area contributed by atoms with Crippen molar-refractivity contribution in [1.82, 2.24) is 14.5 Å². The molecule has 0 aromatic carbocycles. The number of sulfonamides is 1. The number of hydrogen-bond acceptors (Lipinski definition) is 4. The van der Waals surface area contributed by atoms with Gasteiger partial charge in [-0.15, -0.1) is 0 Å². The first-order chi connectivity index (χ1) is 8.13. The lowest BCUT2D eigenvalue weighted by Gasteiger charge is -2.40. The molecule has 2 saturated heterocycles. The number of rotatable bonds is 3. The third kappa shape index (κ3) is 3.19. The number of nitrogens with zero attached hydrogens (tertiary/aromatic N) is 2. The molecule has 0 saturated carbocycles. The minimum Gasteiger partial charge on any atom is -0.317 e. The summed E-state index contributed by atoms with van der Waals surface area (Å²) in [5, 5.41) is 3.36. The van der Waals surface area contributed by atoms with Crippen LogP contribution in [-0.2, 0) is 10.0 Å². The van der Waals surface area contributed by atoms with Gasteiger partial charge in [0.2, 0.25) is 10.0 Å². The van der Waals surface area contributed by atoms with E-state index in [9.17, 15) is 8.42 Å². The summed E-state index contributed by atoms with van der Waals surface area (Å²) < 4.78 is 25.1. The minimum absolute atomic E-state index is 0.223. The van der Waals surface area contributed by atoms with Crippen molar-refractivity contribution in [3.05, 3.63) is 0 Å². The van der Waals surface area contributed by atoms with Crippen LogP contribution in [0.4, 0.5) is 0 Å². The van der Waals surface area contributed by atoms with Gasteiger partial charge in [-0.1, -0.05) is 0 Å². The van der Waals surface area contributed by atoms with E-state index < -0.39 is 10.0 Å². The highest BCUT2D eigenvalue weighted by molar-refractivity contribution is 7.89. The van der Waals surface area contributed by atoms with Crippen LogP contribution >= 0.6 is 0 Å². The topological polar surface area (TPSA) is 52.7 Å². The van der Waals surface area contributed by atoms with Crippen molar-refractivity contribution in [3.8, 4) is 0 Å². The van der Waals surface area contributed by atoms with Gasteiger partial charge in [-0.3, -0.25) is 4.90 Å². The van der Waals surface area contributed by atoms with E-state index in [1.807, 2.05) is 0 Å². The summed E-state index contributed by atoms with van der Waals surface area (Å²) in [6.07, 6.45) is 2.39. The fourth-order valence-electron chi connectivity index (χ4n) is 2.70. The number of hydrogen-bond donors (Lipinski definition) is 1. The molecule has 2 aliphatic rings. The van der Waals surface area contributed by atoms with E-state index >= 15 is 0 Å². The van der Waals surface area contributed by atoms with E-state index in [4.69, 9.17) is 0 Å². The molecule has 0 unspecified atom stereocenters. The smallest absolute Gasteiger partial charge is 0.213 e. The van der Waals surface area contributed by atoms with Crippen molar-refractivity contribution < 1.29 is 8.42 Å². The molecule has 1 N–H and O–H groups in total. The second-order valence-electron chi connectivity index (χ2n) is 4.82. The average Bonchev–Trinajstić information content (AvgIpc) is 2.40. The van der Waals surface area contributed by atoms with Crippen molar-refractivity contribution in [3.63, 3.8) is 0 Å². The largest absolute Gasteiger partial charge is 0.317 e. The van der Waals surface area contributed by atoms with Crippen LogP contribution in [0.2, 0.25) is 0 Å². The zero-order valence-electron chi connectivity index (χ0n) is 10.6. The Balaban J connectivity index is 1.85. The molecule has 2 heterocycles. The maximum atomic E-state index is 11.7. The molecule has 0 bridgehead atoms. The average molecular weight is 261 g/mol. The quantitative estimate of drug-likeness (QED) is 0.758. The van der Waals surface area contributed by atoms with Gasteiger partial charge in [0.05, 0.1) is 5.75 Å². The molecule has 0 aromatic heterocycles. The Bertz CT molecular complexity index is 331. The highest BCUT2D eigenvalue weighted by Crippen LogP contribution is 2.16. The van der Waals surface area contributed by atoms with E-state index in [0.717, 1.165) is 26.2 Å².